The van der Waals surface area contributed by atoms with Crippen LogP contribution in [0.1, 0.15) is 12.5 Å². The largest absolute Gasteiger partial charge is 0 e. The molecule has 7 heteroatoms. The van der Waals surface area contributed by atoms with E-state index < -0.39 is 5.79 Å². The molecule has 2 aromatic rings. The number of ether oxygens (including phenoxy) is 2. The average molecular weight is 455 g/mol. The fourth-order valence-electron chi connectivity index (χ4n) is 2.13. The van der Waals surface area contributed by atoms with Crippen LogP contribution in [0.15, 0.2) is 54.6 Å². The van der Waals surface area contributed by atoms with Crippen molar-refractivity contribution >= 4 is 23.9 Å². The quantitative estimate of drug-likeness (QED) is 0.399. The Hall–Kier alpha value is -1.37. The molecule has 0 radical (unpaired) electrons. The molecule has 1 aliphatic heterocycles. The van der Waals surface area contributed by atoms with Gasteiger partial charge in [-0.3, -0.25) is 0 Å². The summed E-state index contributed by atoms with van der Waals surface area (Å²) in [6.45, 7) is 16.8. The Kier molecular flexibility index (Phi) is 16.4. The summed E-state index contributed by atoms with van der Waals surface area (Å²) >= 11 is 0.359. The molecule has 5 nitrogen and oxygen atoms in total. The SMILES string of the molecule is CC1(c2ccc([Se]c3ccccc3)cc2)OCCO1.[C-]#[O+].[C-]#[O+].[C-]#[O+].[Cr]. The summed E-state index contributed by atoms with van der Waals surface area (Å²) in [5, 5.41) is 0. The number of hydrogen-bond donors (Lipinski definition) is 0. The van der Waals surface area contributed by atoms with Gasteiger partial charge >= 0.3 is 153 Å². The van der Waals surface area contributed by atoms with E-state index in [0.29, 0.717) is 28.2 Å². The Morgan fingerprint density at radius 3 is 1.65 bits per heavy atom. The van der Waals surface area contributed by atoms with Gasteiger partial charge in [0.05, 0.1) is 0 Å². The summed E-state index contributed by atoms with van der Waals surface area (Å²) in [5.41, 5.74) is 1.10. The van der Waals surface area contributed by atoms with Gasteiger partial charge in [-0.05, 0) is 0 Å². The van der Waals surface area contributed by atoms with Gasteiger partial charge in [0, 0.05) is 17.4 Å². The maximum atomic E-state index is 7.50. The first-order valence-corrected chi connectivity index (χ1v) is 8.70. The second-order valence-electron chi connectivity index (χ2n) is 4.58. The molecule has 1 saturated heterocycles. The normalized spacial score (nSPS) is 13.0. The third-order valence-electron chi connectivity index (χ3n) is 3.20. The van der Waals surface area contributed by atoms with E-state index in [0.717, 1.165) is 5.56 Å². The van der Waals surface area contributed by atoms with Crippen molar-refractivity contribution in [2.24, 2.45) is 0 Å². The van der Waals surface area contributed by atoms with E-state index >= 15 is 0 Å². The molecule has 0 amide bonds. The van der Waals surface area contributed by atoms with Crippen molar-refractivity contribution in [2.75, 3.05) is 13.2 Å². The van der Waals surface area contributed by atoms with E-state index in [2.05, 4.69) is 74.5 Å². The van der Waals surface area contributed by atoms with Crippen LogP contribution >= 0.6 is 0 Å². The maximum absolute atomic E-state index is 7.50. The fraction of sp³-hybridized carbons (Fsp3) is 0.211. The molecule has 0 spiro atoms. The fourth-order valence-corrected chi connectivity index (χ4v) is 3.89. The van der Waals surface area contributed by atoms with E-state index in [1.54, 1.807) is 0 Å². The van der Waals surface area contributed by atoms with Gasteiger partial charge in [-0.1, -0.05) is 0 Å². The summed E-state index contributed by atoms with van der Waals surface area (Å²) < 4.78 is 36.6. The molecule has 0 aromatic heterocycles. The molecule has 0 aliphatic carbocycles. The second kappa shape index (κ2) is 15.9. The Labute approximate surface area is 170 Å². The summed E-state index contributed by atoms with van der Waals surface area (Å²) in [5.74, 6) is -0.557. The summed E-state index contributed by atoms with van der Waals surface area (Å²) in [4.78, 5) is 0. The molecule has 0 saturated carbocycles. The van der Waals surface area contributed by atoms with Crippen LogP contribution < -0.4 is 8.92 Å². The first kappa shape index (κ1) is 26.9. The number of rotatable bonds is 3. The summed E-state index contributed by atoms with van der Waals surface area (Å²) in [7, 11) is 0. The van der Waals surface area contributed by atoms with E-state index in [1.807, 2.05) is 6.92 Å². The first-order valence-electron chi connectivity index (χ1n) is 6.99. The van der Waals surface area contributed by atoms with Crippen LogP contribution in [0.25, 0.3) is 0 Å². The number of hydrogen-bond acceptors (Lipinski definition) is 2. The number of benzene rings is 2. The molecular weight excluding hydrogens is 439 g/mol. The van der Waals surface area contributed by atoms with Gasteiger partial charge in [0.1, 0.15) is 0 Å². The van der Waals surface area contributed by atoms with Gasteiger partial charge in [0.15, 0.2) is 0 Å². The zero-order chi connectivity index (χ0) is 19.1. The predicted molar refractivity (Wildman–Crippen MR) is 89.0 cm³/mol. The zero-order valence-electron chi connectivity index (χ0n) is 14.0. The Morgan fingerprint density at radius 1 is 0.769 bits per heavy atom. The van der Waals surface area contributed by atoms with Gasteiger partial charge in [0.2, 0.25) is 0 Å². The molecule has 3 rings (SSSR count). The minimum Gasteiger partial charge on any atom is 0 e. The topological polar surface area (TPSA) is 78.2 Å². The predicted octanol–water partition coefficient (Wildman–Crippen LogP) is 1.45. The molecule has 1 heterocycles. The monoisotopic (exact) mass is 456 g/mol. The minimum atomic E-state index is -0.557. The Morgan fingerprint density at radius 2 is 1.19 bits per heavy atom. The van der Waals surface area contributed by atoms with Crippen LogP contribution in [-0.4, -0.2) is 28.2 Å². The van der Waals surface area contributed by atoms with Gasteiger partial charge in [-0.15, -0.1) is 0 Å². The summed E-state index contributed by atoms with van der Waals surface area (Å²) in [6.07, 6.45) is 0. The van der Waals surface area contributed by atoms with Gasteiger partial charge in [-0.2, -0.15) is 0 Å². The maximum Gasteiger partial charge on any atom is 0 e. The zero-order valence-corrected chi connectivity index (χ0v) is 17.0. The van der Waals surface area contributed by atoms with Crippen molar-refractivity contribution in [1.29, 1.82) is 0 Å². The molecule has 0 unspecified atom stereocenters. The molecule has 1 fully saturated rings. The van der Waals surface area contributed by atoms with Crippen molar-refractivity contribution in [1.82, 2.24) is 0 Å². The van der Waals surface area contributed by atoms with Crippen molar-refractivity contribution in [3.05, 3.63) is 80.1 Å². The van der Waals surface area contributed by atoms with Crippen LogP contribution in [-0.2, 0) is 46.6 Å². The summed E-state index contributed by atoms with van der Waals surface area (Å²) in [6, 6.07) is 19.2. The molecule has 2 aromatic carbocycles. The van der Waals surface area contributed by atoms with Crippen LogP contribution in [0.2, 0.25) is 0 Å². The standard InChI is InChI=1S/C16H16O2Se.3CO.Cr/c1-16(17-11-12-18-16)13-7-9-15(10-8-13)19-14-5-3-2-4-6-14;3*1-2;/h2-10H,11-12H2,1H3;;;;. The van der Waals surface area contributed by atoms with E-state index in [4.69, 9.17) is 23.4 Å². The second-order valence-corrected chi connectivity index (χ2v) is 6.99. The minimum absolute atomic E-state index is 0. The van der Waals surface area contributed by atoms with Crippen molar-refractivity contribution in [3.8, 4) is 0 Å². The third-order valence-corrected chi connectivity index (χ3v) is 5.33. The third kappa shape index (κ3) is 8.34. The van der Waals surface area contributed by atoms with Crippen molar-refractivity contribution < 1.29 is 40.8 Å². The van der Waals surface area contributed by atoms with Crippen molar-refractivity contribution in [3.63, 3.8) is 0 Å². The average Bonchev–Trinajstić information content (AvgIpc) is 3.16. The smallest absolute Gasteiger partial charge is 0 e. The van der Waals surface area contributed by atoms with Crippen molar-refractivity contribution in [2.45, 2.75) is 12.7 Å². The molecule has 134 valence electrons. The van der Waals surface area contributed by atoms with E-state index in [-0.39, 0.29) is 17.4 Å². The molecule has 26 heavy (non-hydrogen) atoms. The Balaban J connectivity index is 0. The van der Waals surface area contributed by atoms with E-state index in [1.165, 1.54) is 8.92 Å². The van der Waals surface area contributed by atoms with Gasteiger partial charge in [-0.25, -0.2) is 0 Å². The van der Waals surface area contributed by atoms with Crippen LogP contribution in [0.5, 0.6) is 0 Å². The van der Waals surface area contributed by atoms with Gasteiger partial charge < -0.3 is 0 Å². The van der Waals surface area contributed by atoms with Crippen LogP contribution in [0.4, 0.5) is 0 Å². The van der Waals surface area contributed by atoms with E-state index in [9.17, 15) is 0 Å². The van der Waals surface area contributed by atoms with Crippen LogP contribution in [0.3, 0.4) is 0 Å². The molecule has 1 aliphatic rings. The molecular formula is C19H16CrO5Se. The Bertz CT molecular complexity index is 648. The van der Waals surface area contributed by atoms with Gasteiger partial charge in [0.25, 0.3) is 0 Å². The first-order chi connectivity index (χ1) is 12.3. The molecule has 0 bridgehead atoms. The molecule has 0 atom stereocenters. The molecule has 0 N–H and O–H groups in total. The van der Waals surface area contributed by atoms with Crippen LogP contribution in [0, 0.1) is 20.0 Å².